The number of carbonyl (C=O) groups excluding carboxylic acids is 3. The average molecular weight is 364 g/mol. The van der Waals surface area contributed by atoms with Gasteiger partial charge in [-0.05, 0) is 30.5 Å². The van der Waals surface area contributed by atoms with Crippen molar-refractivity contribution in [2.75, 3.05) is 26.2 Å². The van der Waals surface area contributed by atoms with Crippen LogP contribution in [0.4, 0.5) is 0 Å². The van der Waals surface area contributed by atoms with E-state index in [1.165, 1.54) is 6.92 Å². The van der Waals surface area contributed by atoms with Gasteiger partial charge in [0, 0.05) is 44.7 Å². The summed E-state index contributed by atoms with van der Waals surface area (Å²) in [5, 5.41) is 3.52. The van der Waals surface area contributed by atoms with E-state index >= 15 is 0 Å². The van der Waals surface area contributed by atoms with Gasteiger partial charge in [-0.1, -0.05) is 23.7 Å². The summed E-state index contributed by atoms with van der Waals surface area (Å²) in [6.07, 6.45) is 1.18. The number of benzene rings is 1. The summed E-state index contributed by atoms with van der Waals surface area (Å²) >= 11 is 5.85. The van der Waals surface area contributed by atoms with Crippen molar-refractivity contribution < 1.29 is 14.4 Å². The SMILES string of the molecule is CC(=O)N1CCN(C(=O)C2(C(=O)NCc3ccc(Cl)cc3)CC2)CC1. The van der Waals surface area contributed by atoms with E-state index in [0.717, 1.165) is 5.56 Å². The van der Waals surface area contributed by atoms with Crippen LogP contribution in [0.3, 0.4) is 0 Å². The van der Waals surface area contributed by atoms with Gasteiger partial charge in [-0.3, -0.25) is 14.4 Å². The number of halogens is 1. The molecule has 1 heterocycles. The van der Waals surface area contributed by atoms with Crippen molar-refractivity contribution >= 4 is 29.3 Å². The molecule has 0 spiro atoms. The first-order valence-corrected chi connectivity index (χ1v) is 8.88. The molecule has 0 aromatic heterocycles. The van der Waals surface area contributed by atoms with Crippen LogP contribution in [0.2, 0.25) is 5.02 Å². The molecule has 0 unspecified atom stereocenters. The zero-order valence-corrected chi connectivity index (χ0v) is 15.0. The van der Waals surface area contributed by atoms with E-state index in [9.17, 15) is 14.4 Å². The lowest BCUT2D eigenvalue weighted by Crippen LogP contribution is -2.54. The van der Waals surface area contributed by atoms with Crippen LogP contribution in [-0.4, -0.2) is 53.7 Å². The van der Waals surface area contributed by atoms with E-state index in [1.807, 2.05) is 12.1 Å². The minimum Gasteiger partial charge on any atom is -0.351 e. The number of carbonyl (C=O) groups is 3. The predicted octanol–water partition coefficient (Wildman–Crippen LogP) is 1.43. The molecule has 1 saturated carbocycles. The largest absolute Gasteiger partial charge is 0.351 e. The summed E-state index contributed by atoms with van der Waals surface area (Å²) in [6.45, 7) is 3.95. The van der Waals surface area contributed by atoms with Gasteiger partial charge in [0.05, 0.1) is 0 Å². The fourth-order valence-electron chi connectivity index (χ4n) is 3.14. The molecule has 1 saturated heterocycles. The number of nitrogens with zero attached hydrogens (tertiary/aromatic N) is 2. The second-order valence-electron chi connectivity index (χ2n) is 6.69. The maximum atomic E-state index is 12.8. The Bertz CT molecular complexity index is 677. The van der Waals surface area contributed by atoms with Crippen molar-refractivity contribution in [3.8, 4) is 0 Å². The van der Waals surface area contributed by atoms with Crippen LogP contribution >= 0.6 is 11.6 Å². The Morgan fingerprint density at radius 2 is 1.60 bits per heavy atom. The molecular formula is C18H22ClN3O3. The molecule has 2 fully saturated rings. The summed E-state index contributed by atoms with van der Waals surface area (Å²) in [4.78, 5) is 40.2. The quantitative estimate of drug-likeness (QED) is 0.823. The van der Waals surface area contributed by atoms with E-state index in [2.05, 4.69) is 5.32 Å². The fraction of sp³-hybridized carbons (Fsp3) is 0.500. The zero-order valence-electron chi connectivity index (χ0n) is 14.3. The summed E-state index contributed by atoms with van der Waals surface area (Å²) in [6, 6.07) is 7.25. The molecule has 1 aromatic carbocycles. The van der Waals surface area contributed by atoms with E-state index in [1.54, 1.807) is 21.9 Å². The van der Waals surface area contributed by atoms with E-state index in [-0.39, 0.29) is 17.7 Å². The third-order valence-corrected chi connectivity index (χ3v) is 5.22. The highest BCUT2D eigenvalue weighted by molar-refractivity contribution is 6.30. The molecule has 25 heavy (non-hydrogen) atoms. The minimum atomic E-state index is -0.912. The van der Waals surface area contributed by atoms with Gasteiger partial charge >= 0.3 is 0 Å². The number of hydrogen-bond donors (Lipinski definition) is 1. The van der Waals surface area contributed by atoms with Gasteiger partial charge in [-0.2, -0.15) is 0 Å². The lowest BCUT2D eigenvalue weighted by atomic mass is 10.0. The number of amides is 3. The van der Waals surface area contributed by atoms with Crippen molar-refractivity contribution in [2.45, 2.75) is 26.3 Å². The van der Waals surface area contributed by atoms with Gasteiger partial charge in [0.15, 0.2) is 0 Å². The van der Waals surface area contributed by atoms with Crippen molar-refractivity contribution in [3.05, 3.63) is 34.9 Å². The van der Waals surface area contributed by atoms with Crippen LogP contribution in [0.1, 0.15) is 25.3 Å². The summed E-state index contributed by atoms with van der Waals surface area (Å²) in [7, 11) is 0. The molecule has 0 bridgehead atoms. The number of nitrogens with one attached hydrogen (secondary N) is 1. The fourth-order valence-corrected chi connectivity index (χ4v) is 3.27. The molecule has 3 amide bonds. The van der Waals surface area contributed by atoms with Gasteiger partial charge in [-0.15, -0.1) is 0 Å². The molecule has 1 aromatic rings. The lowest BCUT2D eigenvalue weighted by molar-refractivity contribution is -0.147. The van der Waals surface area contributed by atoms with Crippen LogP contribution in [0.5, 0.6) is 0 Å². The summed E-state index contributed by atoms with van der Waals surface area (Å²) in [5.41, 5.74) is 0.0289. The maximum Gasteiger partial charge on any atom is 0.238 e. The molecule has 1 aliphatic carbocycles. The average Bonchev–Trinajstić information content (AvgIpc) is 3.42. The standard InChI is InChI=1S/C18H22ClN3O3/c1-13(23)21-8-10-22(11-9-21)17(25)18(6-7-18)16(24)20-12-14-2-4-15(19)5-3-14/h2-5H,6-12H2,1H3,(H,20,24). The molecular weight excluding hydrogens is 342 g/mol. The van der Waals surface area contributed by atoms with Crippen molar-refractivity contribution in [3.63, 3.8) is 0 Å². The van der Waals surface area contributed by atoms with E-state index in [0.29, 0.717) is 50.6 Å². The molecule has 134 valence electrons. The molecule has 7 heteroatoms. The molecule has 3 rings (SSSR count). The lowest BCUT2D eigenvalue weighted by Gasteiger charge is -2.35. The van der Waals surface area contributed by atoms with Gasteiger partial charge in [0.1, 0.15) is 5.41 Å². The molecule has 0 atom stereocenters. The summed E-state index contributed by atoms with van der Waals surface area (Å²) in [5.74, 6) is -0.292. The van der Waals surface area contributed by atoms with Gasteiger partial charge in [-0.25, -0.2) is 0 Å². The van der Waals surface area contributed by atoms with Crippen molar-refractivity contribution in [1.82, 2.24) is 15.1 Å². The first-order valence-electron chi connectivity index (χ1n) is 8.50. The molecule has 1 aliphatic heterocycles. The first-order chi connectivity index (χ1) is 11.9. The molecule has 0 radical (unpaired) electrons. The molecule has 1 N–H and O–H groups in total. The van der Waals surface area contributed by atoms with Crippen LogP contribution in [0.25, 0.3) is 0 Å². The number of hydrogen-bond acceptors (Lipinski definition) is 3. The van der Waals surface area contributed by atoms with E-state index < -0.39 is 5.41 Å². The highest BCUT2D eigenvalue weighted by atomic mass is 35.5. The second kappa shape index (κ2) is 7.04. The maximum absolute atomic E-state index is 12.8. The first kappa shape index (κ1) is 17.7. The zero-order chi connectivity index (χ0) is 18.0. The highest BCUT2D eigenvalue weighted by Crippen LogP contribution is 2.47. The number of piperazine rings is 1. The second-order valence-corrected chi connectivity index (χ2v) is 7.13. The molecule has 6 nitrogen and oxygen atoms in total. The smallest absolute Gasteiger partial charge is 0.238 e. The van der Waals surface area contributed by atoms with Gasteiger partial charge < -0.3 is 15.1 Å². The summed E-state index contributed by atoms with van der Waals surface area (Å²) < 4.78 is 0. The van der Waals surface area contributed by atoms with Gasteiger partial charge in [0.25, 0.3) is 0 Å². The van der Waals surface area contributed by atoms with Crippen molar-refractivity contribution in [1.29, 1.82) is 0 Å². The Balaban J connectivity index is 1.56. The third-order valence-electron chi connectivity index (χ3n) is 4.97. The highest BCUT2D eigenvalue weighted by Gasteiger charge is 2.58. The Labute approximate surface area is 152 Å². The Morgan fingerprint density at radius 1 is 1.04 bits per heavy atom. The topological polar surface area (TPSA) is 69.7 Å². The van der Waals surface area contributed by atoms with Crippen LogP contribution in [-0.2, 0) is 20.9 Å². The predicted molar refractivity (Wildman–Crippen MR) is 93.8 cm³/mol. The van der Waals surface area contributed by atoms with Crippen LogP contribution in [0.15, 0.2) is 24.3 Å². The van der Waals surface area contributed by atoms with Gasteiger partial charge in [0.2, 0.25) is 17.7 Å². The van der Waals surface area contributed by atoms with Crippen LogP contribution < -0.4 is 5.32 Å². The number of rotatable bonds is 4. The van der Waals surface area contributed by atoms with Crippen molar-refractivity contribution in [2.24, 2.45) is 5.41 Å². The van der Waals surface area contributed by atoms with Crippen LogP contribution in [0, 0.1) is 5.41 Å². The molecule has 2 aliphatic rings. The minimum absolute atomic E-state index is 0.0222. The normalized spacial score (nSPS) is 18.6. The Hall–Kier alpha value is -2.08. The Morgan fingerprint density at radius 3 is 2.12 bits per heavy atom. The third kappa shape index (κ3) is 3.79. The monoisotopic (exact) mass is 363 g/mol. The van der Waals surface area contributed by atoms with E-state index in [4.69, 9.17) is 11.6 Å². The Kier molecular flexibility index (Phi) is 4.99.